The van der Waals surface area contributed by atoms with E-state index in [1.807, 2.05) is 60.0 Å². The van der Waals surface area contributed by atoms with Crippen LogP contribution in [0.3, 0.4) is 0 Å². The second-order valence-corrected chi connectivity index (χ2v) is 7.67. The van der Waals surface area contributed by atoms with Crippen LogP contribution in [0.2, 0.25) is 5.02 Å². The first-order chi connectivity index (χ1) is 14.6. The highest BCUT2D eigenvalue weighted by molar-refractivity contribution is 6.31. The quantitative estimate of drug-likeness (QED) is 0.521. The van der Waals surface area contributed by atoms with Crippen molar-refractivity contribution in [3.8, 4) is 11.4 Å². The molecule has 5 rings (SSSR count). The smallest absolute Gasteiger partial charge is 0.327 e. The van der Waals surface area contributed by atoms with Crippen LogP contribution in [0.5, 0.6) is 0 Å². The van der Waals surface area contributed by atoms with Crippen molar-refractivity contribution >= 4 is 29.6 Å². The number of aryl methyl sites for hydroxylation is 1. The van der Waals surface area contributed by atoms with E-state index >= 15 is 0 Å². The van der Waals surface area contributed by atoms with Crippen molar-refractivity contribution in [1.82, 2.24) is 19.1 Å². The molecule has 150 valence electrons. The van der Waals surface area contributed by atoms with E-state index in [1.165, 1.54) is 5.56 Å². The molecule has 2 N–H and O–H groups in total. The van der Waals surface area contributed by atoms with Gasteiger partial charge in [0, 0.05) is 5.02 Å². The molecule has 8 heteroatoms. The molecule has 1 aliphatic heterocycles. The lowest BCUT2D eigenvalue weighted by atomic mass is 10.1. The minimum atomic E-state index is -0.199. The van der Waals surface area contributed by atoms with E-state index in [9.17, 15) is 4.79 Å². The number of anilines is 1. The van der Waals surface area contributed by atoms with Crippen molar-refractivity contribution in [3.63, 3.8) is 0 Å². The summed E-state index contributed by atoms with van der Waals surface area (Å²) in [5, 5.41) is 3.83. The van der Waals surface area contributed by atoms with E-state index in [2.05, 4.69) is 20.3 Å². The van der Waals surface area contributed by atoms with Crippen molar-refractivity contribution in [2.24, 2.45) is 4.99 Å². The molecule has 0 fully saturated rings. The number of nitrogens with zero attached hydrogens (tertiary/aromatic N) is 4. The molecule has 4 aromatic rings. The summed E-state index contributed by atoms with van der Waals surface area (Å²) in [7, 11) is 0. The molecule has 1 aliphatic rings. The average Bonchev–Trinajstić information content (AvgIpc) is 3.21. The number of nitrogens with one attached hydrogen (secondary N) is 2. The number of H-pyrrole nitrogens is 1. The van der Waals surface area contributed by atoms with E-state index in [-0.39, 0.29) is 5.69 Å². The van der Waals surface area contributed by atoms with Gasteiger partial charge in [-0.05, 0) is 24.1 Å². The van der Waals surface area contributed by atoms with Gasteiger partial charge >= 0.3 is 5.69 Å². The molecule has 0 saturated carbocycles. The molecule has 0 amide bonds. The number of hydrogen-bond donors (Lipinski definition) is 2. The Morgan fingerprint density at radius 1 is 1.07 bits per heavy atom. The molecule has 0 radical (unpaired) electrons. The Morgan fingerprint density at radius 3 is 2.67 bits per heavy atom. The zero-order valence-corrected chi connectivity index (χ0v) is 17.0. The highest BCUT2D eigenvalue weighted by atomic mass is 35.5. The normalized spacial score (nSPS) is 12.2. The van der Waals surface area contributed by atoms with Crippen molar-refractivity contribution in [3.05, 3.63) is 87.1 Å². The zero-order valence-electron chi connectivity index (χ0n) is 16.3. The second-order valence-electron chi connectivity index (χ2n) is 7.26. The summed E-state index contributed by atoms with van der Waals surface area (Å²) in [6.07, 6.45) is 3.31. The van der Waals surface area contributed by atoms with Crippen LogP contribution in [0.25, 0.3) is 11.4 Å². The predicted octanol–water partition coefficient (Wildman–Crippen LogP) is 4.18. The SMILES string of the molecule is Cc1ccc(Cn2c3c([nH]c2=O)-c2ncn(Cc4ccccc4Cl)c2N=CN3)cc1. The number of aromatic nitrogens is 4. The van der Waals surface area contributed by atoms with Gasteiger partial charge in [0.1, 0.15) is 17.2 Å². The lowest BCUT2D eigenvalue weighted by Gasteiger charge is -2.07. The first-order valence-electron chi connectivity index (χ1n) is 9.56. The molecule has 0 saturated heterocycles. The Bertz CT molecular complexity index is 1310. The van der Waals surface area contributed by atoms with Gasteiger partial charge in [-0.1, -0.05) is 59.6 Å². The molecule has 0 unspecified atom stereocenters. The minimum absolute atomic E-state index is 0.199. The van der Waals surface area contributed by atoms with Crippen molar-refractivity contribution < 1.29 is 0 Å². The summed E-state index contributed by atoms with van der Waals surface area (Å²) in [5.74, 6) is 1.30. The molecule has 0 spiro atoms. The van der Waals surface area contributed by atoms with Gasteiger partial charge in [-0.2, -0.15) is 0 Å². The summed E-state index contributed by atoms with van der Waals surface area (Å²) in [6.45, 7) is 3.02. The largest absolute Gasteiger partial charge is 0.330 e. The van der Waals surface area contributed by atoms with Crippen molar-refractivity contribution in [2.75, 3.05) is 5.32 Å². The van der Waals surface area contributed by atoms with Gasteiger partial charge in [0.15, 0.2) is 5.82 Å². The Labute approximate surface area is 177 Å². The van der Waals surface area contributed by atoms with E-state index in [0.717, 1.165) is 11.1 Å². The predicted molar refractivity (Wildman–Crippen MR) is 119 cm³/mol. The summed E-state index contributed by atoms with van der Waals surface area (Å²) in [5.41, 5.74) is 4.23. The van der Waals surface area contributed by atoms with Crippen LogP contribution in [0.15, 0.2) is 64.6 Å². The molecule has 0 bridgehead atoms. The third-order valence-corrected chi connectivity index (χ3v) is 5.55. The summed E-state index contributed by atoms with van der Waals surface area (Å²) in [4.78, 5) is 24.7. The molecule has 3 heterocycles. The Morgan fingerprint density at radius 2 is 1.87 bits per heavy atom. The van der Waals surface area contributed by atoms with E-state index in [4.69, 9.17) is 11.6 Å². The molecule has 2 aromatic heterocycles. The second kappa shape index (κ2) is 7.35. The van der Waals surface area contributed by atoms with Crippen LogP contribution >= 0.6 is 11.6 Å². The number of aliphatic imine (C=N–C) groups is 1. The first kappa shape index (κ1) is 18.4. The van der Waals surface area contributed by atoms with Gasteiger partial charge in [-0.25, -0.2) is 14.8 Å². The van der Waals surface area contributed by atoms with Gasteiger partial charge in [0.25, 0.3) is 0 Å². The summed E-state index contributed by atoms with van der Waals surface area (Å²) >= 11 is 6.31. The molecule has 0 atom stereocenters. The number of rotatable bonds is 4. The number of halogens is 1. The van der Waals surface area contributed by atoms with Gasteiger partial charge in [0.05, 0.1) is 25.8 Å². The number of benzene rings is 2. The molecule has 30 heavy (non-hydrogen) atoms. The fourth-order valence-electron chi connectivity index (χ4n) is 3.59. The molecule has 2 aromatic carbocycles. The van der Waals surface area contributed by atoms with Crippen molar-refractivity contribution in [2.45, 2.75) is 20.0 Å². The van der Waals surface area contributed by atoms with E-state index in [1.54, 1.807) is 17.2 Å². The number of imidazole rings is 2. The summed E-state index contributed by atoms with van der Waals surface area (Å²) in [6, 6.07) is 15.8. The van der Waals surface area contributed by atoms with Crippen LogP contribution in [0.4, 0.5) is 11.6 Å². The van der Waals surface area contributed by atoms with Crippen LogP contribution in [0.1, 0.15) is 16.7 Å². The number of aromatic amines is 1. The lowest BCUT2D eigenvalue weighted by Crippen LogP contribution is -2.19. The maximum Gasteiger partial charge on any atom is 0.327 e. The molecule has 0 aliphatic carbocycles. The highest BCUT2D eigenvalue weighted by Crippen LogP contribution is 2.35. The van der Waals surface area contributed by atoms with Gasteiger partial charge < -0.3 is 14.9 Å². The average molecular weight is 419 g/mol. The number of hydrogen-bond acceptors (Lipinski definition) is 4. The summed E-state index contributed by atoms with van der Waals surface area (Å²) < 4.78 is 3.58. The molecule has 7 nitrogen and oxygen atoms in total. The Hall–Kier alpha value is -3.58. The zero-order chi connectivity index (χ0) is 20.7. The van der Waals surface area contributed by atoms with Crippen LogP contribution in [0, 0.1) is 6.92 Å². The fraction of sp³-hybridized carbons (Fsp3) is 0.136. The Balaban J connectivity index is 1.54. The molecular weight excluding hydrogens is 400 g/mol. The van der Waals surface area contributed by atoms with Gasteiger partial charge in [-0.3, -0.25) is 4.57 Å². The molecular formula is C22H19ClN6O. The lowest BCUT2D eigenvalue weighted by molar-refractivity contribution is 0.770. The maximum atomic E-state index is 12.7. The highest BCUT2D eigenvalue weighted by Gasteiger charge is 2.23. The van der Waals surface area contributed by atoms with Crippen LogP contribution < -0.4 is 11.0 Å². The fourth-order valence-corrected chi connectivity index (χ4v) is 3.78. The number of fused-ring (bicyclic) bond motifs is 3. The Kier molecular flexibility index (Phi) is 4.52. The maximum absolute atomic E-state index is 12.7. The topological polar surface area (TPSA) is 80.0 Å². The third-order valence-electron chi connectivity index (χ3n) is 5.18. The van der Waals surface area contributed by atoms with Crippen LogP contribution in [-0.4, -0.2) is 25.4 Å². The minimum Gasteiger partial charge on any atom is -0.330 e. The van der Waals surface area contributed by atoms with Crippen LogP contribution in [-0.2, 0) is 13.1 Å². The monoisotopic (exact) mass is 418 g/mol. The van der Waals surface area contributed by atoms with E-state index < -0.39 is 0 Å². The van der Waals surface area contributed by atoms with Crippen molar-refractivity contribution in [1.29, 1.82) is 0 Å². The first-order valence-corrected chi connectivity index (χ1v) is 9.94. The van der Waals surface area contributed by atoms with E-state index in [0.29, 0.717) is 41.1 Å². The van der Waals surface area contributed by atoms with Gasteiger partial charge in [-0.15, -0.1) is 0 Å². The van der Waals surface area contributed by atoms with Gasteiger partial charge in [0.2, 0.25) is 0 Å². The third kappa shape index (κ3) is 3.23. The standard InChI is InChI=1S/C22H19ClN6O/c1-14-6-8-15(9-7-14)10-29-21-19(27-22(29)30)18-20(24-12-25-21)28(13-26-18)11-16-4-2-3-5-17(16)23/h2-9,12-13H,10-11H2,1H3,(H,24,25)(H,27,30).